The Kier molecular flexibility index (Phi) is 3.29. The largest absolute Gasteiger partial charge is 0.696 e. The summed E-state index contributed by atoms with van der Waals surface area (Å²) < 4.78 is 13.8. The third kappa shape index (κ3) is 3.69. The van der Waals surface area contributed by atoms with Gasteiger partial charge in [-0.3, -0.25) is 0 Å². The number of rotatable bonds is 2. The Morgan fingerprint density at radius 3 is 2.62 bits per heavy atom. The van der Waals surface area contributed by atoms with Crippen LogP contribution in [0.3, 0.4) is 0 Å². The van der Waals surface area contributed by atoms with Gasteiger partial charge in [-0.2, -0.15) is 5.26 Å². The fourth-order valence-corrected chi connectivity index (χ4v) is 0.476. The molecule has 0 aromatic carbocycles. The lowest BCUT2D eigenvalue weighted by Crippen LogP contribution is -1.96. The van der Waals surface area contributed by atoms with E-state index in [1.807, 2.05) is 0 Å². The van der Waals surface area contributed by atoms with Gasteiger partial charge >= 0.3 is 8.25 Å². The normalized spacial score (nSPS) is 14.4. The van der Waals surface area contributed by atoms with Crippen LogP contribution in [-0.4, -0.2) is 11.0 Å². The predicted octanol–water partition coefficient (Wildman–Crippen LogP) is 0.565. The minimum atomic E-state index is -2.62. The van der Waals surface area contributed by atoms with Crippen molar-refractivity contribution in [1.29, 1.82) is 5.26 Å². The molecule has 0 aromatic rings. The molecule has 0 aromatic heterocycles. The van der Waals surface area contributed by atoms with E-state index in [9.17, 15) is 4.57 Å². The van der Waals surface area contributed by atoms with Gasteiger partial charge in [0.25, 0.3) is 0 Å². The molecule has 0 saturated carbocycles. The molecule has 1 N–H and O–H groups in total. The molecule has 0 amide bonds. The Labute approximate surface area is 47.6 Å². The van der Waals surface area contributed by atoms with Gasteiger partial charge in [0.2, 0.25) is 0 Å². The molecule has 4 nitrogen and oxygen atoms in total. The summed E-state index contributed by atoms with van der Waals surface area (Å²) in [7, 11) is -2.62. The third-order valence-corrected chi connectivity index (χ3v) is 0.927. The van der Waals surface area contributed by atoms with E-state index in [1.54, 1.807) is 6.07 Å². The van der Waals surface area contributed by atoms with E-state index in [0.29, 0.717) is 0 Å². The Bertz CT molecular complexity index is 129. The molecule has 0 aliphatic rings. The fourth-order valence-electron chi connectivity index (χ4n) is 0.159. The SMILES string of the molecule is CC(C#N)O[P+](=O)O. The van der Waals surface area contributed by atoms with Crippen LogP contribution in [0.5, 0.6) is 0 Å². The molecule has 0 aliphatic carbocycles. The van der Waals surface area contributed by atoms with Crippen molar-refractivity contribution in [3.63, 3.8) is 0 Å². The van der Waals surface area contributed by atoms with Gasteiger partial charge in [0.05, 0.1) is 6.07 Å². The summed E-state index contributed by atoms with van der Waals surface area (Å²) in [5, 5.41) is 7.97. The van der Waals surface area contributed by atoms with Crippen molar-refractivity contribution in [3.05, 3.63) is 0 Å². The summed E-state index contributed by atoms with van der Waals surface area (Å²) in [5.74, 6) is 0. The highest BCUT2D eigenvalue weighted by molar-refractivity contribution is 7.32. The summed E-state index contributed by atoms with van der Waals surface area (Å²) in [5.41, 5.74) is 0. The average Bonchev–Trinajstić information content (AvgIpc) is 1.65. The van der Waals surface area contributed by atoms with Crippen LogP contribution < -0.4 is 0 Å². The average molecular weight is 134 g/mol. The molecule has 0 saturated heterocycles. The number of hydrogen-bond donors (Lipinski definition) is 1. The first-order chi connectivity index (χ1) is 3.66. The number of nitriles is 1. The van der Waals surface area contributed by atoms with Gasteiger partial charge < -0.3 is 0 Å². The van der Waals surface area contributed by atoms with Crippen LogP contribution >= 0.6 is 8.25 Å². The van der Waals surface area contributed by atoms with E-state index in [1.165, 1.54) is 6.92 Å². The zero-order valence-corrected chi connectivity index (χ0v) is 5.13. The topological polar surface area (TPSA) is 70.3 Å². The molecule has 0 aliphatic heterocycles. The van der Waals surface area contributed by atoms with Crippen LogP contribution in [0.2, 0.25) is 0 Å². The molecule has 0 fully saturated rings. The molecule has 2 atom stereocenters. The van der Waals surface area contributed by atoms with Crippen molar-refractivity contribution in [2.75, 3.05) is 0 Å². The van der Waals surface area contributed by atoms with Crippen molar-refractivity contribution in [1.82, 2.24) is 0 Å². The highest BCUT2D eigenvalue weighted by atomic mass is 31.1. The highest BCUT2D eigenvalue weighted by Gasteiger charge is 2.17. The summed E-state index contributed by atoms with van der Waals surface area (Å²) >= 11 is 0. The van der Waals surface area contributed by atoms with Gasteiger partial charge in [-0.15, -0.1) is 9.42 Å². The van der Waals surface area contributed by atoms with E-state index in [2.05, 4.69) is 4.52 Å². The summed E-state index contributed by atoms with van der Waals surface area (Å²) in [6.07, 6.45) is -0.802. The zero-order chi connectivity index (χ0) is 6.57. The summed E-state index contributed by atoms with van der Waals surface area (Å²) in [4.78, 5) is 7.99. The molecular weight excluding hydrogens is 129 g/mol. The van der Waals surface area contributed by atoms with E-state index in [0.717, 1.165) is 0 Å². The summed E-state index contributed by atoms with van der Waals surface area (Å²) in [6.45, 7) is 1.39. The predicted molar refractivity (Wildman–Crippen MR) is 26.0 cm³/mol. The fraction of sp³-hybridized carbons (Fsp3) is 0.667. The summed E-state index contributed by atoms with van der Waals surface area (Å²) in [6, 6.07) is 1.63. The second-order valence-corrected chi connectivity index (χ2v) is 1.80. The van der Waals surface area contributed by atoms with Crippen molar-refractivity contribution in [2.24, 2.45) is 0 Å². The van der Waals surface area contributed by atoms with E-state index in [4.69, 9.17) is 10.2 Å². The van der Waals surface area contributed by atoms with Crippen LogP contribution in [0.25, 0.3) is 0 Å². The Balaban J connectivity index is 3.43. The van der Waals surface area contributed by atoms with Gasteiger partial charge in [-0.1, -0.05) is 0 Å². The van der Waals surface area contributed by atoms with Crippen molar-refractivity contribution in [3.8, 4) is 6.07 Å². The van der Waals surface area contributed by atoms with Gasteiger partial charge in [0.1, 0.15) is 0 Å². The highest BCUT2D eigenvalue weighted by Crippen LogP contribution is 2.16. The van der Waals surface area contributed by atoms with Crippen molar-refractivity contribution in [2.45, 2.75) is 13.0 Å². The molecule has 5 heteroatoms. The van der Waals surface area contributed by atoms with Crippen molar-refractivity contribution < 1.29 is 14.0 Å². The van der Waals surface area contributed by atoms with Gasteiger partial charge in [0, 0.05) is 4.57 Å². The quantitative estimate of drug-likeness (QED) is 0.560. The van der Waals surface area contributed by atoms with Crippen LogP contribution in [0, 0.1) is 11.3 Å². The van der Waals surface area contributed by atoms with Crippen LogP contribution in [-0.2, 0) is 9.09 Å². The van der Waals surface area contributed by atoms with Gasteiger partial charge in [-0.25, -0.2) is 0 Å². The van der Waals surface area contributed by atoms with Gasteiger partial charge in [0.15, 0.2) is 6.10 Å². The van der Waals surface area contributed by atoms with Crippen molar-refractivity contribution >= 4 is 8.25 Å². The van der Waals surface area contributed by atoms with E-state index < -0.39 is 14.4 Å². The third-order valence-electron chi connectivity index (χ3n) is 0.430. The smallest absolute Gasteiger partial charge is 0.195 e. The maximum absolute atomic E-state index is 9.74. The molecular formula is C3H5NO3P+. The van der Waals surface area contributed by atoms with E-state index >= 15 is 0 Å². The maximum atomic E-state index is 9.74. The van der Waals surface area contributed by atoms with Crippen LogP contribution in [0.4, 0.5) is 0 Å². The first-order valence-electron chi connectivity index (χ1n) is 1.89. The number of hydrogen-bond acceptors (Lipinski definition) is 3. The van der Waals surface area contributed by atoms with Gasteiger partial charge in [-0.05, 0) is 6.92 Å². The second-order valence-electron chi connectivity index (χ2n) is 1.11. The molecule has 0 spiro atoms. The monoisotopic (exact) mass is 134 g/mol. The lowest BCUT2D eigenvalue weighted by molar-refractivity contribution is 0.250. The Hall–Kier alpha value is -0.490. The molecule has 2 unspecified atom stereocenters. The maximum Gasteiger partial charge on any atom is 0.696 e. The van der Waals surface area contributed by atoms with Crippen LogP contribution in [0.1, 0.15) is 6.92 Å². The first kappa shape index (κ1) is 7.51. The molecule has 0 bridgehead atoms. The molecule has 0 rings (SSSR count). The van der Waals surface area contributed by atoms with Crippen LogP contribution in [0.15, 0.2) is 0 Å². The second kappa shape index (κ2) is 3.50. The zero-order valence-electron chi connectivity index (χ0n) is 4.24. The molecule has 44 valence electrons. The standard InChI is InChI=1S/C3H4NO3P/c1-3(2-4)7-8(5)6/h3H,1H3/p+1. The molecule has 0 heterocycles. The Morgan fingerprint density at radius 2 is 2.50 bits per heavy atom. The lowest BCUT2D eigenvalue weighted by Gasteiger charge is -1.83. The Morgan fingerprint density at radius 1 is 2.00 bits per heavy atom. The first-order valence-corrected chi connectivity index (χ1v) is 3.02. The molecule has 0 radical (unpaired) electrons. The van der Waals surface area contributed by atoms with E-state index in [-0.39, 0.29) is 0 Å². The molecule has 8 heavy (non-hydrogen) atoms. The minimum Gasteiger partial charge on any atom is -0.195 e. The minimum absolute atomic E-state index is 0.802. The lowest BCUT2D eigenvalue weighted by atomic mass is 10.5. The number of nitrogens with zero attached hydrogens (tertiary/aromatic N) is 1.